The maximum absolute atomic E-state index is 11.7. The number of fused-ring (bicyclic) bond motifs is 1. The zero-order valence-electron chi connectivity index (χ0n) is 12.6. The second-order valence-corrected chi connectivity index (χ2v) is 5.25. The highest BCUT2D eigenvalue weighted by atomic mass is 35.5. The van der Waals surface area contributed by atoms with Gasteiger partial charge in [-0.25, -0.2) is 9.78 Å². The molecule has 2 aromatic rings. The topological polar surface area (TPSA) is 63.0 Å². The summed E-state index contributed by atoms with van der Waals surface area (Å²) in [6.45, 7) is 5.91. The third-order valence-corrected chi connectivity index (χ3v) is 3.63. The van der Waals surface area contributed by atoms with Gasteiger partial charge in [0, 0.05) is 10.9 Å². The zero-order chi connectivity index (χ0) is 16.3. The molecule has 4 nitrogen and oxygen atoms in total. The van der Waals surface area contributed by atoms with Crippen LogP contribution in [0, 0.1) is 25.2 Å². The number of pyridine rings is 1. The Labute approximate surface area is 134 Å². The molecule has 0 amide bonds. The van der Waals surface area contributed by atoms with E-state index in [2.05, 4.69) is 4.98 Å². The van der Waals surface area contributed by atoms with Crippen LogP contribution in [-0.4, -0.2) is 17.6 Å². The van der Waals surface area contributed by atoms with Crippen LogP contribution < -0.4 is 0 Å². The van der Waals surface area contributed by atoms with Gasteiger partial charge in [-0.2, -0.15) is 5.26 Å². The smallest absolute Gasteiger partial charge is 0.348 e. The summed E-state index contributed by atoms with van der Waals surface area (Å²) in [5.74, 6) is -0.666. The Kier molecular flexibility index (Phi) is 4.79. The van der Waals surface area contributed by atoms with Crippen molar-refractivity contribution in [2.45, 2.75) is 20.8 Å². The van der Waals surface area contributed by atoms with Gasteiger partial charge in [0.05, 0.1) is 12.1 Å². The summed E-state index contributed by atoms with van der Waals surface area (Å²) in [6, 6.07) is 7.60. The van der Waals surface area contributed by atoms with Gasteiger partial charge in [0.15, 0.2) is 0 Å². The average Bonchev–Trinajstić information content (AvgIpc) is 2.47. The van der Waals surface area contributed by atoms with Crippen LogP contribution in [0.1, 0.15) is 23.6 Å². The van der Waals surface area contributed by atoms with E-state index in [1.54, 1.807) is 6.92 Å². The van der Waals surface area contributed by atoms with Gasteiger partial charge < -0.3 is 4.74 Å². The van der Waals surface area contributed by atoms with Crippen LogP contribution in [0.5, 0.6) is 0 Å². The van der Waals surface area contributed by atoms with Crippen molar-refractivity contribution >= 4 is 34.5 Å². The fourth-order valence-corrected chi connectivity index (χ4v) is 2.24. The lowest BCUT2D eigenvalue weighted by Gasteiger charge is -2.06. The minimum absolute atomic E-state index is 0.103. The van der Waals surface area contributed by atoms with Crippen LogP contribution in [0.2, 0.25) is 5.15 Å². The summed E-state index contributed by atoms with van der Waals surface area (Å²) in [6.07, 6.45) is 1.40. The number of carbonyl (C=O) groups excluding carboxylic acids is 1. The lowest BCUT2D eigenvalue weighted by atomic mass is 10.0. The molecule has 0 fully saturated rings. The molecule has 0 saturated heterocycles. The number of esters is 1. The summed E-state index contributed by atoms with van der Waals surface area (Å²) in [5.41, 5.74) is 3.46. The molecule has 0 atom stereocenters. The first kappa shape index (κ1) is 16.0. The van der Waals surface area contributed by atoms with Crippen molar-refractivity contribution in [3.63, 3.8) is 0 Å². The molecule has 1 aromatic carbocycles. The number of hydrogen-bond donors (Lipinski definition) is 0. The number of nitriles is 1. The third kappa shape index (κ3) is 3.26. The van der Waals surface area contributed by atoms with E-state index < -0.39 is 5.97 Å². The van der Waals surface area contributed by atoms with E-state index in [0.717, 1.165) is 22.0 Å². The minimum atomic E-state index is -0.666. The Hall–Kier alpha value is -2.38. The van der Waals surface area contributed by atoms with Crippen molar-refractivity contribution in [2.75, 3.05) is 6.61 Å². The van der Waals surface area contributed by atoms with Crippen molar-refractivity contribution < 1.29 is 9.53 Å². The second-order valence-electron chi connectivity index (χ2n) is 4.89. The molecule has 0 aliphatic heterocycles. The molecule has 1 aromatic heterocycles. The highest BCUT2D eigenvalue weighted by molar-refractivity contribution is 6.31. The molecule has 0 aliphatic carbocycles. The number of carbonyl (C=O) groups is 1. The maximum Gasteiger partial charge on any atom is 0.348 e. The van der Waals surface area contributed by atoms with Crippen molar-refractivity contribution in [1.82, 2.24) is 4.98 Å². The molecule has 0 radical (unpaired) electrons. The number of halogens is 1. The van der Waals surface area contributed by atoms with Crippen molar-refractivity contribution in [3.05, 3.63) is 45.6 Å². The molecule has 0 spiro atoms. The molecular weight excluding hydrogens is 300 g/mol. The summed E-state index contributed by atoms with van der Waals surface area (Å²) in [5, 5.41) is 10.2. The number of ether oxygens (including phenoxy) is 1. The number of benzene rings is 1. The summed E-state index contributed by atoms with van der Waals surface area (Å²) in [4.78, 5) is 16.0. The van der Waals surface area contributed by atoms with Gasteiger partial charge in [0.2, 0.25) is 0 Å². The molecule has 2 rings (SSSR count). The van der Waals surface area contributed by atoms with E-state index in [9.17, 15) is 4.79 Å². The van der Waals surface area contributed by atoms with Crippen molar-refractivity contribution in [2.24, 2.45) is 0 Å². The molecule has 5 heteroatoms. The molecule has 0 bridgehead atoms. The first-order chi connectivity index (χ1) is 10.5. The quantitative estimate of drug-likeness (QED) is 0.372. The van der Waals surface area contributed by atoms with E-state index in [1.807, 2.05) is 38.1 Å². The van der Waals surface area contributed by atoms with Gasteiger partial charge in [0.25, 0.3) is 0 Å². The molecule has 0 N–H and O–H groups in total. The van der Waals surface area contributed by atoms with Crippen LogP contribution in [0.4, 0.5) is 0 Å². The SMILES string of the molecule is CCOC(=O)/C(C#N)=C/c1cc2cc(C)c(C)cc2nc1Cl. The highest BCUT2D eigenvalue weighted by Gasteiger charge is 2.12. The molecule has 0 saturated carbocycles. The van der Waals surface area contributed by atoms with E-state index in [-0.39, 0.29) is 17.3 Å². The van der Waals surface area contributed by atoms with Crippen LogP contribution in [0.3, 0.4) is 0 Å². The number of aromatic nitrogens is 1. The molecule has 112 valence electrons. The van der Waals surface area contributed by atoms with Crippen LogP contribution in [0.15, 0.2) is 23.8 Å². The van der Waals surface area contributed by atoms with Crippen molar-refractivity contribution in [3.8, 4) is 6.07 Å². The first-order valence-corrected chi connectivity index (χ1v) is 7.20. The Morgan fingerprint density at radius 2 is 2.05 bits per heavy atom. The fourth-order valence-electron chi connectivity index (χ4n) is 2.04. The second kappa shape index (κ2) is 6.59. The minimum Gasteiger partial charge on any atom is -0.462 e. The predicted octanol–water partition coefficient (Wildman–Crippen LogP) is 3.98. The monoisotopic (exact) mass is 314 g/mol. The molecule has 22 heavy (non-hydrogen) atoms. The Balaban J connectivity index is 2.56. The van der Waals surface area contributed by atoms with E-state index in [4.69, 9.17) is 21.6 Å². The lowest BCUT2D eigenvalue weighted by Crippen LogP contribution is -2.06. The van der Waals surface area contributed by atoms with E-state index in [1.165, 1.54) is 6.08 Å². The normalized spacial score (nSPS) is 11.3. The van der Waals surface area contributed by atoms with Crippen LogP contribution >= 0.6 is 11.6 Å². The van der Waals surface area contributed by atoms with Crippen LogP contribution in [-0.2, 0) is 9.53 Å². The Morgan fingerprint density at radius 3 is 2.68 bits per heavy atom. The lowest BCUT2D eigenvalue weighted by molar-refractivity contribution is -0.137. The van der Waals surface area contributed by atoms with Gasteiger partial charge in [-0.15, -0.1) is 0 Å². The summed E-state index contributed by atoms with van der Waals surface area (Å²) in [7, 11) is 0. The van der Waals surface area contributed by atoms with Crippen molar-refractivity contribution in [1.29, 1.82) is 5.26 Å². The molecule has 0 aliphatic rings. The Morgan fingerprint density at radius 1 is 1.36 bits per heavy atom. The predicted molar refractivity (Wildman–Crippen MR) is 86.5 cm³/mol. The zero-order valence-corrected chi connectivity index (χ0v) is 13.4. The fraction of sp³-hybridized carbons (Fsp3) is 0.235. The van der Waals surface area contributed by atoms with Gasteiger partial charge >= 0.3 is 5.97 Å². The summed E-state index contributed by atoms with van der Waals surface area (Å²) >= 11 is 6.16. The maximum atomic E-state index is 11.7. The number of rotatable bonds is 3. The largest absolute Gasteiger partial charge is 0.462 e. The van der Waals surface area contributed by atoms with Gasteiger partial charge in [-0.05, 0) is 56.2 Å². The molecular formula is C17H15ClN2O2. The number of hydrogen-bond acceptors (Lipinski definition) is 4. The standard InChI is InChI=1S/C17H15ClN2O2/c1-4-22-17(21)14(9-19)8-13-7-12-5-10(2)11(3)6-15(12)20-16(13)18/h5-8H,4H2,1-3H3/b14-8+. The van der Waals surface area contributed by atoms with E-state index in [0.29, 0.717) is 5.56 Å². The highest BCUT2D eigenvalue weighted by Crippen LogP contribution is 2.25. The third-order valence-electron chi connectivity index (χ3n) is 3.33. The van der Waals surface area contributed by atoms with E-state index >= 15 is 0 Å². The number of aryl methyl sites for hydroxylation is 2. The summed E-state index contributed by atoms with van der Waals surface area (Å²) < 4.78 is 4.84. The average molecular weight is 315 g/mol. The first-order valence-electron chi connectivity index (χ1n) is 6.82. The Bertz CT molecular complexity index is 819. The van der Waals surface area contributed by atoms with Gasteiger partial charge in [0.1, 0.15) is 16.8 Å². The molecule has 0 unspecified atom stereocenters. The van der Waals surface area contributed by atoms with Crippen LogP contribution in [0.25, 0.3) is 17.0 Å². The molecule has 1 heterocycles. The van der Waals surface area contributed by atoms with Gasteiger partial charge in [-0.3, -0.25) is 0 Å². The number of nitrogens with zero attached hydrogens (tertiary/aromatic N) is 2. The van der Waals surface area contributed by atoms with Gasteiger partial charge in [-0.1, -0.05) is 11.6 Å².